The first kappa shape index (κ1) is 24.9. The van der Waals surface area contributed by atoms with Gasteiger partial charge in [0.25, 0.3) is 0 Å². The zero-order chi connectivity index (χ0) is 27.1. The van der Waals surface area contributed by atoms with Crippen molar-refractivity contribution in [3.8, 4) is 11.4 Å². The molecule has 0 spiro atoms. The number of nitrogens with zero attached hydrogens (tertiary/aromatic N) is 4. The standard InChI is InChI=1S/C30H27F2N5O2/c1-35-28(37-12-11-27(38)34-30(37)39)15-33-29(35)21-9-10-22-17-36(18-23(22)14-21)16-20-7-5-19(6-8-20)13-24-25(31)3-2-4-26(24)32/h2-10,14-15H,11-13,16-18H2,1H3,(H,34,38,39). The molecule has 1 saturated heterocycles. The summed E-state index contributed by atoms with van der Waals surface area (Å²) >= 11 is 0. The summed E-state index contributed by atoms with van der Waals surface area (Å²) < 4.78 is 29.9. The lowest BCUT2D eigenvalue weighted by Crippen LogP contribution is -2.50. The van der Waals surface area contributed by atoms with Gasteiger partial charge >= 0.3 is 6.03 Å². The summed E-state index contributed by atoms with van der Waals surface area (Å²) in [5.74, 6) is 0.0684. The Morgan fingerprint density at radius 1 is 0.923 bits per heavy atom. The molecule has 2 aliphatic rings. The fraction of sp³-hybridized carbons (Fsp3) is 0.233. The summed E-state index contributed by atoms with van der Waals surface area (Å²) in [6.45, 7) is 2.70. The van der Waals surface area contributed by atoms with E-state index in [4.69, 9.17) is 0 Å². The van der Waals surface area contributed by atoms with Gasteiger partial charge in [-0.3, -0.25) is 19.9 Å². The van der Waals surface area contributed by atoms with Crippen molar-refractivity contribution in [1.29, 1.82) is 0 Å². The lowest BCUT2D eigenvalue weighted by atomic mass is 10.0. The molecule has 0 saturated carbocycles. The normalized spacial score (nSPS) is 15.5. The van der Waals surface area contributed by atoms with Gasteiger partial charge in [-0.05, 0) is 40.5 Å². The number of anilines is 1. The first-order valence-corrected chi connectivity index (χ1v) is 12.8. The van der Waals surface area contributed by atoms with E-state index in [1.54, 1.807) is 6.20 Å². The van der Waals surface area contributed by atoms with Crippen LogP contribution in [0.4, 0.5) is 19.4 Å². The zero-order valence-corrected chi connectivity index (χ0v) is 21.5. The number of rotatable bonds is 6. The monoisotopic (exact) mass is 527 g/mol. The Morgan fingerprint density at radius 3 is 2.38 bits per heavy atom. The van der Waals surface area contributed by atoms with Gasteiger partial charge in [0, 0.05) is 57.2 Å². The first-order chi connectivity index (χ1) is 18.9. The first-order valence-electron chi connectivity index (χ1n) is 12.8. The van der Waals surface area contributed by atoms with Gasteiger partial charge in [0.15, 0.2) is 0 Å². The minimum absolute atomic E-state index is 0.0881. The molecule has 0 bridgehead atoms. The number of fused-ring (bicyclic) bond motifs is 1. The summed E-state index contributed by atoms with van der Waals surface area (Å²) in [5, 5.41) is 2.35. The van der Waals surface area contributed by atoms with Crippen LogP contribution in [0.25, 0.3) is 11.4 Å². The van der Waals surface area contributed by atoms with Crippen molar-refractivity contribution >= 4 is 17.8 Å². The second-order valence-corrected chi connectivity index (χ2v) is 10.1. The van der Waals surface area contributed by atoms with Crippen LogP contribution in [0.1, 0.15) is 34.2 Å². The number of hydrogen-bond donors (Lipinski definition) is 1. The number of aromatic nitrogens is 2. The van der Waals surface area contributed by atoms with E-state index in [1.807, 2.05) is 41.9 Å². The number of nitrogens with one attached hydrogen (secondary N) is 1. The van der Waals surface area contributed by atoms with E-state index in [0.29, 0.717) is 12.4 Å². The molecule has 198 valence electrons. The van der Waals surface area contributed by atoms with Crippen LogP contribution in [0.5, 0.6) is 0 Å². The van der Waals surface area contributed by atoms with Crippen molar-refractivity contribution in [1.82, 2.24) is 19.8 Å². The van der Waals surface area contributed by atoms with Gasteiger partial charge in [-0.15, -0.1) is 0 Å². The molecule has 7 nitrogen and oxygen atoms in total. The van der Waals surface area contributed by atoms with E-state index >= 15 is 0 Å². The Balaban J connectivity index is 1.12. The Bertz CT molecular complexity index is 1560. The predicted molar refractivity (Wildman–Crippen MR) is 143 cm³/mol. The van der Waals surface area contributed by atoms with Crippen LogP contribution < -0.4 is 10.2 Å². The van der Waals surface area contributed by atoms with Crippen LogP contribution in [0.3, 0.4) is 0 Å². The van der Waals surface area contributed by atoms with Gasteiger partial charge in [0.05, 0.1) is 6.20 Å². The van der Waals surface area contributed by atoms with Gasteiger partial charge in [-0.2, -0.15) is 0 Å². The summed E-state index contributed by atoms with van der Waals surface area (Å²) in [4.78, 5) is 32.2. The number of imidazole rings is 1. The molecule has 39 heavy (non-hydrogen) atoms. The van der Waals surface area contributed by atoms with Crippen LogP contribution in [0, 0.1) is 11.6 Å². The highest BCUT2D eigenvalue weighted by molar-refractivity contribution is 6.05. The average Bonchev–Trinajstić information content (AvgIpc) is 3.49. The van der Waals surface area contributed by atoms with Crippen LogP contribution in [0.15, 0.2) is 66.9 Å². The smallest absolute Gasteiger partial charge is 0.314 e. The lowest BCUT2D eigenvalue weighted by Gasteiger charge is -2.26. The van der Waals surface area contributed by atoms with Crippen molar-refractivity contribution in [3.05, 3.63) is 106 Å². The molecular formula is C30H27F2N5O2. The van der Waals surface area contributed by atoms with Gasteiger partial charge in [0.1, 0.15) is 23.3 Å². The summed E-state index contributed by atoms with van der Waals surface area (Å²) in [6, 6.07) is 17.7. The minimum Gasteiger partial charge on any atom is -0.314 e. The van der Waals surface area contributed by atoms with Crippen LogP contribution in [-0.4, -0.2) is 32.9 Å². The summed E-state index contributed by atoms with van der Waals surface area (Å²) in [7, 11) is 1.87. The largest absolute Gasteiger partial charge is 0.329 e. The second-order valence-electron chi connectivity index (χ2n) is 10.1. The lowest BCUT2D eigenvalue weighted by molar-refractivity contribution is -0.120. The SMILES string of the molecule is Cn1c(N2CCC(=O)NC2=O)cnc1-c1ccc2c(c1)CN(Cc1ccc(Cc3c(F)cccc3F)cc1)C2. The molecule has 6 rings (SSSR count). The molecule has 1 N–H and O–H groups in total. The van der Waals surface area contributed by atoms with E-state index in [0.717, 1.165) is 42.1 Å². The van der Waals surface area contributed by atoms with E-state index in [9.17, 15) is 18.4 Å². The number of halogens is 2. The molecule has 4 aromatic rings. The van der Waals surface area contributed by atoms with Crippen LogP contribution in [0.2, 0.25) is 0 Å². The molecular weight excluding hydrogens is 500 g/mol. The van der Waals surface area contributed by atoms with Crippen molar-refractivity contribution in [3.63, 3.8) is 0 Å². The molecule has 0 atom stereocenters. The van der Waals surface area contributed by atoms with Gasteiger partial charge in [-0.25, -0.2) is 18.6 Å². The fourth-order valence-electron chi connectivity index (χ4n) is 5.34. The predicted octanol–water partition coefficient (Wildman–Crippen LogP) is 4.92. The van der Waals surface area contributed by atoms with E-state index < -0.39 is 17.7 Å². The number of amides is 3. The Hall–Kier alpha value is -4.37. The zero-order valence-electron chi connectivity index (χ0n) is 21.5. The van der Waals surface area contributed by atoms with Crippen molar-refractivity contribution in [2.24, 2.45) is 7.05 Å². The number of hydrogen-bond acceptors (Lipinski definition) is 4. The quantitative estimate of drug-likeness (QED) is 0.387. The molecule has 0 radical (unpaired) electrons. The number of carbonyl (C=O) groups is 2. The highest BCUT2D eigenvalue weighted by Gasteiger charge is 2.27. The van der Waals surface area contributed by atoms with Crippen LogP contribution in [-0.2, 0) is 37.9 Å². The third-order valence-electron chi connectivity index (χ3n) is 7.42. The number of urea groups is 1. The summed E-state index contributed by atoms with van der Waals surface area (Å²) in [6.07, 6.45) is 2.13. The van der Waals surface area contributed by atoms with E-state index in [-0.39, 0.29) is 24.3 Å². The third-order valence-corrected chi connectivity index (χ3v) is 7.42. The maximum absolute atomic E-state index is 14.0. The molecule has 3 heterocycles. The minimum atomic E-state index is -0.525. The van der Waals surface area contributed by atoms with Crippen molar-refractivity contribution in [2.45, 2.75) is 32.5 Å². The van der Waals surface area contributed by atoms with Crippen molar-refractivity contribution in [2.75, 3.05) is 11.4 Å². The van der Waals surface area contributed by atoms with Gasteiger partial charge < -0.3 is 4.57 Å². The number of imide groups is 1. The van der Waals surface area contributed by atoms with Gasteiger partial charge in [-0.1, -0.05) is 42.5 Å². The highest BCUT2D eigenvalue weighted by atomic mass is 19.1. The Morgan fingerprint density at radius 2 is 1.64 bits per heavy atom. The number of benzene rings is 3. The second kappa shape index (κ2) is 10.1. The molecule has 3 amide bonds. The van der Waals surface area contributed by atoms with Gasteiger partial charge in [0.2, 0.25) is 5.91 Å². The molecule has 0 aliphatic carbocycles. The molecule has 3 aromatic carbocycles. The van der Waals surface area contributed by atoms with Crippen LogP contribution >= 0.6 is 0 Å². The topological polar surface area (TPSA) is 70.5 Å². The van der Waals surface area contributed by atoms with E-state index in [2.05, 4.69) is 27.3 Å². The average molecular weight is 528 g/mol. The molecule has 1 aromatic heterocycles. The number of carbonyl (C=O) groups excluding carboxylic acids is 2. The van der Waals surface area contributed by atoms with E-state index in [1.165, 1.54) is 34.2 Å². The molecule has 2 aliphatic heterocycles. The maximum Gasteiger partial charge on any atom is 0.329 e. The third kappa shape index (κ3) is 4.93. The summed E-state index contributed by atoms with van der Waals surface area (Å²) in [5.41, 5.74) is 5.53. The molecule has 9 heteroatoms. The maximum atomic E-state index is 14.0. The highest BCUT2D eigenvalue weighted by Crippen LogP contribution is 2.31. The molecule has 0 unspecified atom stereocenters. The Labute approximate surface area is 224 Å². The van der Waals surface area contributed by atoms with Crippen molar-refractivity contribution < 1.29 is 18.4 Å². The molecule has 1 fully saturated rings. The fourth-order valence-corrected chi connectivity index (χ4v) is 5.34. The Kier molecular flexibility index (Phi) is 6.44.